The molecule has 0 aliphatic carbocycles. The number of esters is 1. The van der Waals surface area contributed by atoms with Gasteiger partial charge in [0.25, 0.3) is 0 Å². The van der Waals surface area contributed by atoms with Crippen LogP contribution in [-0.2, 0) is 15.4 Å². The van der Waals surface area contributed by atoms with E-state index in [4.69, 9.17) is 16.3 Å². The van der Waals surface area contributed by atoms with Gasteiger partial charge in [0.2, 0.25) is 0 Å². The number of halogens is 2. The summed E-state index contributed by atoms with van der Waals surface area (Å²) in [6.45, 7) is 4.16. The van der Waals surface area contributed by atoms with Crippen molar-refractivity contribution >= 4 is 51.2 Å². The van der Waals surface area contributed by atoms with Crippen molar-refractivity contribution in [3.63, 3.8) is 0 Å². The number of aromatic nitrogens is 2. The molecule has 1 heterocycles. The zero-order valence-electron chi connectivity index (χ0n) is 12.3. The highest BCUT2D eigenvalue weighted by atomic mass is 127. The van der Waals surface area contributed by atoms with E-state index < -0.39 is 6.04 Å². The van der Waals surface area contributed by atoms with E-state index in [-0.39, 0.29) is 11.8 Å². The van der Waals surface area contributed by atoms with E-state index in [2.05, 4.69) is 41.4 Å². The zero-order chi connectivity index (χ0) is 15.6. The minimum absolute atomic E-state index is 0.257. The van der Waals surface area contributed by atoms with Gasteiger partial charge in [-0.15, -0.1) is 11.6 Å². The van der Waals surface area contributed by atoms with E-state index in [1.807, 2.05) is 22.8 Å². The van der Waals surface area contributed by atoms with E-state index in [1.54, 1.807) is 0 Å². The minimum atomic E-state index is -0.395. The van der Waals surface area contributed by atoms with Gasteiger partial charge in [-0.05, 0) is 53.1 Å². The number of fused-ring (bicyclic) bond motifs is 1. The first-order chi connectivity index (χ1) is 9.97. The molecule has 21 heavy (non-hydrogen) atoms. The first-order valence-corrected chi connectivity index (χ1v) is 8.39. The molecule has 2 aromatic rings. The summed E-state index contributed by atoms with van der Waals surface area (Å²) in [7, 11) is 1.41. The fourth-order valence-corrected chi connectivity index (χ4v) is 3.12. The molecule has 1 aromatic heterocycles. The van der Waals surface area contributed by atoms with E-state index in [0.29, 0.717) is 18.2 Å². The molecule has 6 heteroatoms. The highest BCUT2D eigenvalue weighted by Crippen LogP contribution is 2.28. The number of alkyl halides is 1. The fraction of sp³-hybridized carbons (Fsp3) is 0.467. The van der Waals surface area contributed by atoms with Gasteiger partial charge in [0.05, 0.1) is 24.0 Å². The molecule has 0 fully saturated rings. The van der Waals surface area contributed by atoms with Gasteiger partial charge in [0.1, 0.15) is 11.9 Å². The monoisotopic (exact) mass is 420 g/mol. The van der Waals surface area contributed by atoms with E-state index >= 15 is 0 Å². The Labute approximate surface area is 143 Å². The third kappa shape index (κ3) is 3.51. The van der Waals surface area contributed by atoms with Crippen LogP contribution in [0.2, 0.25) is 0 Å². The normalized spacial score (nSPS) is 12.9. The van der Waals surface area contributed by atoms with Gasteiger partial charge < -0.3 is 9.30 Å². The van der Waals surface area contributed by atoms with E-state index in [1.165, 1.54) is 7.11 Å². The smallest absolute Gasteiger partial charge is 0.328 e. The number of benzene rings is 1. The number of carbonyl (C=O) groups excluding carboxylic acids is 1. The molecular formula is C15H18ClIN2O2. The molecule has 0 amide bonds. The summed E-state index contributed by atoms with van der Waals surface area (Å²) in [6, 6.07) is 5.58. The molecule has 0 saturated carbocycles. The van der Waals surface area contributed by atoms with Crippen LogP contribution >= 0.6 is 34.2 Å². The van der Waals surface area contributed by atoms with Crippen LogP contribution in [0.25, 0.3) is 11.0 Å². The van der Waals surface area contributed by atoms with Crippen molar-refractivity contribution in [3.05, 3.63) is 27.6 Å². The Bertz CT molecular complexity index is 654. The average molecular weight is 421 g/mol. The lowest BCUT2D eigenvalue weighted by Crippen LogP contribution is -2.24. The second kappa shape index (κ2) is 6.96. The molecule has 0 spiro atoms. The highest BCUT2D eigenvalue weighted by molar-refractivity contribution is 14.1. The van der Waals surface area contributed by atoms with Crippen molar-refractivity contribution in [2.75, 3.05) is 7.11 Å². The first kappa shape index (κ1) is 16.5. The number of nitrogens with zero attached hydrogens (tertiary/aromatic N) is 2. The molecule has 1 atom stereocenters. The van der Waals surface area contributed by atoms with Gasteiger partial charge in [0.15, 0.2) is 0 Å². The predicted octanol–water partition coefficient (Wildman–Crippen LogP) is 4.14. The van der Waals surface area contributed by atoms with Gasteiger partial charge in [0, 0.05) is 3.57 Å². The molecule has 0 saturated heterocycles. The van der Waals surface area contributed by atoms with Gasteiger partial charge >= 0.3 is 5.97 Å². The number of methoxy groups -OCH3 is 1. The molecule has 0 aliphatic heterocycles. The SMILES string of the molecule is COC(=O)C(CC(C)C)n1c(CCl)nc2cc(I)ccc21. The lowest BCUT2D eigenvalue weighted by atomic mass is 10.0. The van der Waals surface area contributed by atoms with Gasteiger partial charge in [-0.1, -0.05) is 13.8 Å². The van der Waals surface area contributed by atoms with Crippen LogP contribution in [0.15, 0.2) is 18.2 Å². The van der Waals surface area contributed by atoms with Crippen LogP contribution < -0.4 is 0 Å². The fourth-order valence-electron chi connectivity index (χ4n) is 2.45. The number of imidazole rings is 1. The lowest BCUT2D eigenvalue weighted by Gasteiger charge is -2.21. The Hall–Kier alpha value is -0.820. The second-order valence-corrected chi connectivity index (χ2v) is 6.85. The van der Waals surface area contributed by atoms with Crippen molar-refractivity contribution in [3.8, 4) is 0 Å². The summed E-state index contributed by atoms with van der Waals surface area (Å²) in [6.07, 6.45) is 0.689. The van der Waals surface area contributed by atoms with Crippen molar-refractivity contribution in [1.29, 1.82) is 0 Å². The Morgan fingerprint density at radius 3 is 2.76 bits per heavy atom. The average Bonchev–Trinajstić information content (AvgIpc) is 2.80. The summed E-state index contributed by atoms with van der Waals surface area (Å²) in [5.41, 5.74) is 1.78. The Morgan fingerprint density at radius 1 is 1.48 bits per heavy atom. The third-order valence-electron chi connectivity index (χ3n) is 3.32. The largest absolute Gasteiger partial charge is 0.467 e. The molecule has 0 bridgehead atoms. The molecule has 0 N–H and O–H groups in total. The van der Waals surface area contributed by atoms with Crippen LogP contribution in [0.4, 0.5) is 0 Å². The van der Waals surface area contributed by atoms with Crippen LogP contribution in [0.3, 0.4) is 0 Å². The molecule has 4 nitrogen and oxygen atoms in total. The quantitative estimate of drug-likeness (QED) is 0.415. The van der Waals surface area contributed by atoms with Gasteiger partial charge in [-0.25, -0.2) is 9.78 Å². The standard InChI is InChI=1S/C15H18ClIN2O2/c1-9(2)6-13(15(20)21-3)19-12-5-4-10(17)7-11(12)18-14(19)8-16/h4-5,7,9,13H,6,8H2,1-3H3. The third-order valence-corrected chi connectivity index (χ3v) is 4.23. The molecule has 1 aromatic carbocycles. The van der Waals surface area contributed by atoms with E-state index in [0.717, 1.165) is 14.6 Å². The second-order valence-electron chi connectivity index (χ2n) is 5.33. The summed E-state index contributed by atoms with van der Waals surface area (Å²) in [5.74, 6) is 1.06. The van der Waals surface area contributed by atoms with Crippen molar-refractivity contribution in [2.45, 2.75) is 32.2 Å². The molecule has 114 valence electrons. The maximum atomic E-state index is 12.2. The molecule has 2 rings (SSSR count). The highest BCUT2D eigenvalue weighted by Gasteiger charge is 2.26. The summed E-state index contributed by atoms with van der Waals surface area (Å²) in [5, 5.41) is 0. The zero-order valence-corrected chi connectivity index (χ0v) is 15.2. The maximum absolute atomic E-state index is 12.2. The van der Waals surface area contributed by atoms with E-state index in [9.17, 15) is 4.79 Å². The first-order valence-electron chi connectivity index (χ1n) is 6.78. The topological polar surface area (TPSA) is 44.1 Å². The van der Waals surface area contributed by atoms with Crippen molar-refractivity contribution < 1.29 is 9.53 Å². The summed E-state index contributed by atoms with van der Waals surface area (Å²) in [4.78, 5) is 16.8. The Balaban J connectivity index is 2.62. The number of hydrogen-bond donors (Lipinski definition) is 0. The van der Waals surface area contributed by atoms with Crippen LogP contribution in [0.5, 0.6) is 0 Å². The molecular weight excluding hydrogens is 403 g/mol. The Kier molecular flexibility index (Phi) is 5.48. The number of carbonyl (C=O) groups is 1. The van der Waals surface area contributed by atoms with Gasteiger partial charge in [-0.3, -0.25) is 0 Å². The molecule has 0 radical (unpaired) electrons. The number of ether oxygens (including phenoxy) is 1. The minimum Gasteiger partial charge on any atom is -0.467 e. The number of rotatable bonds is 5. The summed E-state index contributed by atoms with van der Waals surface area (Å²) < 4.78 is 8.00. The maximum Gasteiger partial charge on any atom is 0.328 e. The Morgan fingerprint density at radius 2 is 2.19 bits per heavy atom. The lowest BCUT2D eigenvalue weighted by molar-refractivity contribution is -0.145. The van der Waals surface area contributed by atoms with Crippen LogP contribution in [0, 0.1) is 9.49 Å². The van der Waals surface area contributed by atoms with Crippen LogP contribution in [0.1, 0.15) is 32.1 Å². The summed E-state index contributed by atoms with van der Waals surface area (Å²) >= 11 is 8.28. The predicted molar refractivity (Wildman–Crippen MR) is 92.5 cm³/mol. The van der Waals surface area contributed by atoms with Crippen molar-refractivity contribution in [2.24, 2.45) is 5.92 Å². The van der Waals surface area contributed by atoms with Gasteiger partial charge in [-0.2, -0.15) is 0 Å². The van der Waals surface area contributed by atoms with Crippen molar-refractivity contribution in [1.82, 2.24) is 9.55 Å². The molecule has 1 unspecified atom stereocenters. The molecule has 0 aliphatic rings. The van der Waals surface area contributed by atoms with Crippen LogP contribution in [-0.4, -0.2) is 22.6 Å². The number of hydrogen-bond acceptors (Lipinski definition) is 3.